The largest absolute Gasteiger partial charge is 0.338 e. The Morgan fingerprint density at radius 3 is 2.49 bits per heavy atom. The number of imide groups is 1. The number of imidazole rings is 1. The number of rotatable bonds is 6. The summed E-state index contributed by atoms with van der Waals surface area (Å²) in [6.45, 7) is 2.00. The number of nitrogens with zero attached hydrogens (tertiary/aromatic N) is 1. The second kappa shape index (κ2) is 10.7. The van der Waals surface area contributed by atoms with Gasteiger partial charge in [-0.05, 0) is 78.0 Å². The molecule has 4 aromatic carbocycles. The summed E-state index contributed by atoms with van der Waals surface area (Å²) in [5.41, 5.74) is 5.57. The molecule has 0 fully saturated rings. The summed E-state index contributed by atoms with van der Waals surface area (Å²) in [4.78, 5) is 33.6. The van der Waals surface area contributed by atoms with Crippen molar-refractivity contribution < 1.29 is 14.0 Å². The number of amides is 3. The molecule has 3 N–H and O–H groups in total. The molecular weight excluding hydrogens is 487 g/mol. The van der Waals surface area contributed by atoms with Crippen molar-refractivity contribution in [2.24, 2.45) is 0 Å². The van der Waals surface area contributed by atoms with Crippen LogP contribution in [0.4, 0.5) is 9.18 Å². The molecule has 0 bridgehead atoms. The maximum Gasteiger partial charge on any atom is 0.331 e. The van der Waals surface area contributed by atoms with Crippen LogP contribution in [0.3, 0.4) is 0 Å². The van der Waals surface area contributed by atoms with Crippen molar-refractivity contribution in [1.29, 1.82) is 0 Å². The predicted molar refractivity (Wildman–Crippen MR) is 144 cm³/mol. The van der Waals surface area contributed by atoms with Crippen LogP contribution in [-0.2, 0) is 6.42 Å². The van der Waals surface area contributed by atoms with Gasteiger partial charge in [-0.25, -0.2) is 14.2 Å². The Kier molecular flexibility index (Phi) is 7.00. The first-order valence-electron chi connectivity index (χ1n) is 11.6. The summed E-state index contributed by atoms with van der Waals surface area (Å²) in [7, 11) is 0. The number of H-pyrrole nitrogens is 1. The van der Waals surface area contributed by atoms with Crippen LogP contribution in [0.25, 0.3) is 22.4 Å². The zero-order chi connectivity index (χ0) is 25.8. The topological polar surface area (TPSA) is 86.9 Å². The van der Waals surface area contributed by atoms with Crippen LogP contribution in [0.5, 0.6) is 0 Å². The molecule has 5 rings (SSSR count). The average Bonchev–Trinajstić information content (AvgIpc) is 3.34. The number of fused-ring (bicyclic) bond motifs is 1. The first-order valence-corrected chi connectivity index (χ1v) is 12.4. The van der Waals surface area contributed by atoms with Gasteiger partial charge in [0.1, 0.15) is 11.6 Å². The number of benzene rings is 4. The van der Waals surface area contributed by atoms with Gasteiger partial charge >= 0.3 is 6.03 Å². The van der Waals surface area contributed by atoms with Gasteiger partial charge in [-0.15, -0.1) is 0 Å². The van der Waals surface area contributed by atoms with Crippen molar-refractivity contribution in [3.8, 4) is 11.4 Å². The molecule has 0 atom stereocenters. The first kappa shape index (κ1) is 24.3. The lowest BCUT2D eigenvalue weighted by Crippen LogP contribution is -2.36. The molecule has 1 aromatic heterocycles. The first-order chi connectivity index (χ1) is 18.0. The number of aromatic amines is 1. The van der Waals surface area contributed by atoms with Crippen LogP contribution in [-0.4, -0.2) is 21.9 Å². The Labute approximate surface area is 217 Å². The van der Waals surface area contributed by atoms with E-state index in [2.05, 4.69) is 20.0 Å². The van der Waals surface area contributed by atoms with Gasteiger partial charge in [-0.2, -0.15) is 0 Å². The van der Waals surface area contributed by atoms with E-state index in [4.69, 9.17) is 0 Å². The molecule has 37 heavy (non-hydrogen) atoms. The lowest BCUT2D eigenvalue weighted by atomic mass is 10.0. The molecule has 0 aliphatic carbocycles. The minimum absolute atomic E-state index is 0.267. The van der Waals surface area contributed by atoms with Gasteiger partial charge in [0, 0.05) is 22.4 Å². The van der Waals surface area contributed by atoms with E-state index < -0.39 is 11.9 Å². The average molecular weight is 511 g/mol. The van der Waals surface area contributed by atoms with Crippen LogP contribution in [0.2, 0.25) is 0 Å². The number of urea groups is 1. The van der Waals surface area contributed by atoms with Crippen molar-refractivity contribution in [2.45, 2.75) is 18.2 Å². The Hall–Kier alpha value is -4.43. The van der Waals surface area contributed by atoms with Crippen LogP contribution in [0.15, 0.2) is 95.9 Å². The second-order valence-electron chi connectivity index (χ2n) is 8.53. The number of hydrogen-bond donors (Lipinski definition) is 3. The highest BCUT2D eigenvalue weighted by molar-refractivity contribution is 7.98. The summed E-state index contributed by atoms with van der Waals surface area (Å²) >= 11 is 1.10. The minimum Gasteiger partial charge on any atom is -0.338 e. The van der Waals surface area contributed by atoms with Gasteiger partial charge in [0.2, 0.25) is 0 Å². The van der Waals surface area contributed by atoms with Gasteiger partial charge in [0.25, 0.3) is 5.91 Å². The van der Waals surface area contributed by atoms with Crippen molar-refractivity contribution >= 4 is 34.9 Å². The van der Waals surface area contributed by atoms with E-state index in [0.29, 0.717) is 17.5 Å². The fraction of sp³-hybridized carbons (Fsp3) is 0.0690. The SMILES string of the molecule is Cc1ccc(SNC(=O)NC(=O)c2ccc(Cc3ccccc3F)cc2)cc1-c1nc2ccccc2[nH]1. The van der Waals surface area contributed by atoms with E-state index in [1.54, 1.807) is 42.5 Å². The van der Waals surface area contributed by atoms with Gasteiger partial charge in [-0.3, -0.25) is 14.8 Å². The summed E-state index contributed by atoms with van der Waals surface area (Å²) in [5.74, 6) is -0.0431. The molecule has 0 spiro atoms. The Balaban J connectivity index is 1.19. The lowest BCUT2D eigenvalue weighted by molar-refractivity contribution is 0.0965. The monoisotopic (exact) mass is 510 g/mol. The molecule has 3 amide bonds. The zero-order valence-corrected chi connectivity index (χ0v) is 20.7. The maximum atomic E-state index is 13.9. The van der Waals surface area contributed by atoms with Crippen molar-refractivity contribution in [3.05, 3.63) is 119 Å². The van der Waals surface area contributed by atoms with E-state index in [-0.39, 0.29) is 5.82 Å². The van der Waals surface area contributed by atoms with Crippen LogP contribution in [0.1, 0.15) is 27.0 Å². The molecule has 1 heterocycles. The third-order valence-electron chi connectivity index (χ3n) is 5.91. The maximum absolute atomic E-state index is 13.9. The molecule has 0 aliphatic heterocycles. The highest BCUT2D eigenvalue weighted by atomic mass is 32.2. The Morgan fingerprint density at radius 1 is 0.946 bits per heavy atom. The number of aromatic nitrogens is 2. The minimum atomic E-state index is -0.628. The fourth-order valence-corrected chi connectivity index (χ4v) is 4.52. The summed E-state index contributed by atoms with van der Waals surface area (Å²) in [6, 6.07) is 26.3. The molecule has 6 nitrogen and oxygen atoms in total. The van der Waals surface area contributed by atoms with Gasteiger partial charge in [0.05, 0.1) is 11.0 Å². The lowest BCUT2D eigenvalue weighted by Gasteiger charge is -2.09. The molecule has 0 saturated heterocycles. The number of carbonyl (C=O) groups excluding carboxylic acids is 2. The van der Waals surface area contributed by atoms with E-state index in [1.165, 1.54) is 6.07 Å². The number of nitrogens with one attached hydrogen (secondary N) is 3. The summed E-state index contributed by atoms with van der Waals surface area (Å²) < 4.78 is 16.5. The smallest absolute Gasteiger partial charge is 0.331 e. The predicted octanol–water partition coefficient (Wildman–Crippen LogP) is 6.41. The molecule has 184 valence electrons. The number of halogens is 1. The normalized spacial score (nSPS) is 10.9. The van der Waals surface area contributed by atoms with E-state index in [0.717, 1.165) is 50.4 Å². The van der Waals surface area contributed by atoms with Crippen molar-refractivity contribution in [3.63, 3.8) is 0 Å². The zero-order valence-electron chi connectivity index (χ0n) is 19.9. The molecule has 5 aromatic rings. The fourth-order valence-electron chi connectivity index (χ4n) is 3.94. The van der Waals surface area contributed by atoms with Gasteiger partial charge in [0.15, 0.2) is 0 Å². The van der Waals surface area contributed by atoms with E-state index >= 15 is 0 Å². The highest BCUT2D eigenvalue weighted by Crippen LogP contribution is 2.27. The van der Waals surface area contributed by atoms with Gasteiger partial charge < -0.3 is 4.98 Å². The van der Waals surface area contributed by atoms with Crippen LogP contribution in [0, 0.1) is 12.7 Å². The van der Waals surface area contributed by atoms with Gasteiger partial charge in [-0.1, -0.05) is 48.5 Å². The molecule has 8 heteroatoms. The van der Waals surface area contributed by atoms with Crippen LogP contribution >= 0.6 is 11.9 Å². The standard InChI is InChI=1S/C29H23FN4O2S/c1-18-10-15-22(17-23(18)27-31-25-8-4-5-9-26(25)32-27)37-34-29(36)33-28(35)20-13-11-19(12-14-20)16-21-6-2-3-7-24(21)30/h2-15,17H,16H2,1H3,(H,31,32)(H2,33,34,35,36). The number of aryl methyl sites for hydroxylation is 1. The van der Waals surface area contributed by atoms with Crippen LogP contribution < -0.4 is 10.0 Å². The Bertz CT molecular complexity index is 1560. The molecular formula is C29H23FN4O2S. The third-order valence-corrected chi connectivity index (χ3v) is 6.69. The van der Waals surface area contributed by atoms with Crippen molar-refractivity contribution in [2.75, 3.05) is 0 Å². The van der Waals surface area contributed by atoms with Crippen molar-refractivity contribution in [1.82, 2.24) is 20.0 Å². The van der Waals surface area contributed by atoms with E-state index in [1.807, 2.05) is 49.4 Å². The quantitative estimate of drug-likeness (QED) is 0.230. The number of para-hydroxylation sites is 2. The summed E-state index contributed by atoms with van der Waals surface area (Å²) in [6.07, 6.45) is 0.415. The number of carbonyl (C=O) groups is 2. The van der Waals surface area contributed by atoms with E-state index in [9.17, 15) is 14.0 Å². The second-order valence-corrected chi connectivity index (χ2v) is 9.41. The molecule has 0 aliphatic rings. The Morgan fingerprint density at radius 2 is 1.70 bits per heavy atom. The molecule has 0 radical (unpaired) electrons. The highest BCUT2D eigenvalue weighted by Gasteiger charge is 2.13. The third kappa shape index (κ3) is 5.70. The molecule has 0 unspecified atom stereocenters. The number of hydrogen-bond acceptors (Lipinski definition) is 4. The molecule has 0 saturated carbocycles. The summed E-state index contributed by atoms with van der Waals surface area (Å²) in [5, 5.41) is 2.33.